The number of aromatic nitrogens is 2. The summed E-state index contributed by atoms with van der Waals surface area (Å²) < 4.78 is 65.5. The van der Waals surface area contributed by atoms with Crippen LogP contribution < -0.4 is 15.3 Å². The Morgan fingerprint density at radius 2 is 1.87 bits per heavy atom. The van der Waals surface area contributed by atoms with Gasteiger partial charge >= 0.3 is 25.3 Å². The first kappa shape index (κ1) is 30.8. The average molecular weight is 574 g/mol. The highest BCUT2D eigenvalue weighted by Crippen LogP contribution is 2.48. The second-order valence-corrected chi connectivity index (χ2v) is 11.6. The molecular formula is C25H34F2N3O8P. The van der Waals surface area contributed by atoms with Crippen LogP contribution in [0.15, 0.2) is 47.4 Å². The lowest BCUT2D eigenvalue weighted by atomic mass is 10.1. The number of esters is 1. The maximum Gasteiger partial charge on any atom is 0.459 e. The van der Waals surface area contributed by atoms with E-state index in [2.05, 4.69) is 10.1 Å². The van der Waals surface area contributed by atoms with Gasteiger partial charge in [0.2, 0.25) is 6.23 Å². The van der Waals surface area contributed by atoms with E-state index in [0.717, 1.165) is 6.20 Å². The summed E-state index contributed by atoms with van der Waals surface area (Å²) >= 11 is 0. The van der Waals surface area contributed by atoms with Gasteiger partial charge in [0.05, 0.1) is 12.7 Å². The molecule has 11 nitrogen and oxygen atoms in total. The average Bonchev–Trinajstić information content (AvgIpc) is 3.06. The van der Waals surface area contributed by atoms with Crippen molar-refractivity contribution in [3.63, 3.8) is 0 Å². The Balaban J connectivity index is 1.79. The van der Waals surface area contributed by atoms with E-state index in [0.29, 0.717) is 16.7 Å². The summed E-state index contributed by atoms with van der Waals surface area (Å²) in [7, 11) is -4.40. The third-order valence-electron chi connectivity index (χ3n) is 5.57. The lowest BCUT2D eigenvalue weighted by molar-refractivity contribution is -0.149. The summed E-state index contributed by atoms with van der Waals surface area (Å²) in [5.74, 6) is -4.36. The van der Waals surface area contributed by atoms with Crippen molar-refractivity contribution in [3.8, 4) is 5.75 Å². The molecule has 0 radical (unpaired) electrons. The van der Waals surface area contributed by atoms with Gasteiger partial charge in [0.15, 0.2) is 6.10 Å². The minimum absolute atomic E-state index is 0.105. The third-order valence-corrected chi connectivity index (χ3v) is 7.22. The van der Waals surface area contributed by atoms with E-state index in [4.69, 9.17) is 18.5 Å². The zero-order chi connectivity index (χ0) is 29.0. The van der Waals surface area contributed by atoms with Crippen LogP contribution in [0.5, 0.6) is 5.75 Å². The van der Waals surface area contributed by atoms with E-state index in [9.17, 15) is 19.3 Å². The number of para-hydroxylation sites is 1. The molecule has 2 unspecified atom stereocenters. The van der Waals surface area contributed by atoms with Crippen LogP contribution in [-0.2, 0) is 29.8 Å². The van der Waals surface area contributed by atoms with Gasteiger partial charge in [0.25, 0.3) is 0 Å². The monoisotopic (exact) mass is 573 g/mol. The number of alkyl halides is 2. The number of hydrogen-bond donors (Lipinski definition) is 2. The molecule has 1 aromatic carbocycles. The zero-order valence-electron chi connectivity index (χ0n) is 22.3. The van der Waals surface area contributed by atoms with Gasteiger partial charge in [-0.05, 0) is 51.3 Å². The molecule has 0 spiro atoms. The molecule has 39 heavy (non-hydrogen) atoms. The molecule has 1 aliphatic rings. The van der Waals surface area contributed by atoms with Crippen molar-refractivity contribution in [2.75, 3.05) is 6.61 Å². The van der Waals surface area contributed by atoms with Crippen molar-refractivity contribution in [1.82, 2.24) is 14.6 Å². The largest absolute Gasteiger partial charge is 0.462 e. The number of carbonyl (C=O) groups is 1. The highest BCUT2D eigenvalue weighted by molar-refractivity contribution is 7.52. The Morgan fingerprint density at radius 1 is 1.21 bits per heavy atom. The van der Waals surface area contributed by atoms with Gasteiger partial charge in [0.1, 0.15) is 17.9 Å². The van der Waals surface area contributed by atoms with Gasteiger partial charge < -0.3 is 19.1 Å². The van der Waals surface area contributed by atoms with Crippen molar-refractivity contribution in [3.05, 3.63) is 58.8 Å². The van der Waals surface area contributed by atoms with Crippen LogP contribution in [-0.4, -0.2) is 57.5 Å². The molecule has 1 aromatic heterocycles. The van der Waals surface area contributed by atoms with E-state index in [1.54, 1.807) is 32.0 Å². The fourth-order valence-electron chi connectivity index (χ4n) is 3.77. The molecule has 1 saturated heterocycles. The second kappa shape index (κ2) is 12.6. The molecule has 0 aliphatic carbocycles. The van der Waals surface area contributed by atoms with Gasteiger partial charge in [-0.1, -0.05) is 32.0 Å². The minimum Gasteiger partial charge on any atom is -0.462 e. The Kier molecular flexibility index (Phi) is 10.0. The molecular weight excluding hydrogens is 539 g/mol. The van der Waals surface area contributed by atoms with Gasteiger partial charge in [-0.2, -0.15) is 18.9 Å². The number of halogens is 2. The van der Waals surface area contributed by atoms with Crippen LogP contribution in [0.3, 0.4) is 0 Å². The first-order chi connectivity index (χ1) is 18.2. The highest BCUT2D eigenvalue weighted by Gasteiger charge is 2.60. The first-order valence-corrected chi connectivity index (χ1v) is 14.0. The fraction of sp³-hybridized carbons (Fsp3) is 0.560. The second-order valence-electron chi connectivity index (χ2n) is 9.89. The van der Waals surface area contributed by atoms with Crippen LogP contribution in [0.1, 0.15) is 46.5 Å². The Labute approximate surface area is 225 Å². The number of rotatable bonds is 12. The predicted octanol–water partition coefficient (Wildman–Crippen LogP) is 3.47. The number of aliphatic hydroxyl groups is 1. The topological polar surface area (TPSA) is 138 Å². The molecule has 1 fully saturated rings. The molecule has 1 aliphatic heterocycles. The van der Waals surface area contributed by atoms with Crippen LogP contribution >= 0.6 is 7.75 Å². The smallest absolute Gasteiger partial charge is 0.459 e. The maximum absolute atomic E-state index is 15.0. The molecule has 14 heteroatoms. The Morgan fingerprint density at radius 3 is 2.46 bits per heavy atom. The van der Waals surface area contributed by atoms with Gasteiger partial charge in [0, 0.05) is 11.9 Å². The summed E-state index contributed by atoms with van der Waals surface area (Å²) in [5.41, 5.74) is -0.535. The number of ether oxygens (including phenoxy) is 2. The Bertz CT molecular complexity index is 1230. The lowest BCUT2D eigenvalue weighted by Gasteiger charge is -2.25. The molecule has 0 bridgehead atoms. The molecule has 2 N–H and O–H groups in total. The van der Waals surface area contributed by atoms with E-state index in [1.165, 1.54) is 25.1 Å². The number of nitrogens with one attached hydrogen (secondary N) is 1. The van der Waals surface area contributed by atoms with Gasteiger partial charge in [-0.25, -0.2) is 9.36 Å². The minimum atomic E-state index is -4.40. The van der Waals surface area contributed by atoms with Crippen LogP contribution in [0.25, 0.3) is 0 Å². The SMILES string of the molecule is CC(C)Cc1ccn(C2O[C@H](COP(=O)(N[C@@H](C)C(=O)OC(C)C)Oc3ccccc3)[C@@H](O)C2(F)F)c(=O)n1. The third kappa shape index (κ3) is 7.92. The molecule has 0 saturated carbocycles. The van der Waals surface area contributed by atoms with Gasteiger partial charge in [-0.3, -0.25) is 13.9 Å². The zero-order valence-corrected chi connectivity index (χ0v) is 23.2. The van der Waals surface area contributed by atoms with Crippen molar-refractivity contribution in [2.24, 2.45) is 5.92 Å². The quantitative estimate of drug-likeness (QED) is 0.287. The highest BCUT2D eigenvalue weighted by atomic mass is 31.2. The summed E-state index contributed by atoms with van der Waals surface area (Å²) in [6.45, 7) is 7.65. The van der Waals surface area contributed by atoms with E-state index in [-0.39, 0.29) is 11.7 Å². The van der Waals surface area contributed by atoms with E-state index < -0.39 is 62.5 Å². The molecule has 3 rings (SSSR count). The summed E-state index contributed by atoms with van der Waals surface area (Å²) in [5, 5.41) is 12.8. The van der Waals surface area contributed by atoms with Crippen LogP contribution in [0.4, 0.5) is 8.78 Å². The first-order valence-electron chi connectivity index (χ1n) is 12.5. The number of nitrogens with zero attached hydrogens (tertiary/aromatic N) is 2. The van der Waals surface area contributed by atoms with E-state index in [1.807, 2.05) is 13.8 Å². The molecule has 2 heterocycles. The standard InChI is InChI=1S/C25H34F2N3O8P/c1-15(2)13-18-11-12-30(24(33)28-18)23-25(26,27)21(31)20(37-23)14-35-39(34,38-19-9-7-6-8-10-19)29-17(5)22(32)36-16(3)4/h6-12,15-17,20-21,23,31H,13-14H2,1-5H3,(H,29,34)/t17-,20+,21+,23?,39?/m0/s1. The summed E-state index contributed by atoms with van der Waals surface area (Å²) in [4.78, 5) is 28.6. The fourth-order valence-corrected chi connectivity index (χ4v) is 5.27. The van der Waals surface area contributed by atoms with Crippen LogP contribution in [0, 0.1) is 5.92 Å². The summed E-state index contributed by atoms with van der Waals surface area (Å²) in [6.07, 6.45) is -5.15. The molecule has 2 aromatic rings. The molecule has 216 valence electrons. The normalized spacial score (nSPS) is 23.0. The van der Waals surface area contributed by atoms with Crippen molar-refractivity contribution in [1.29, 1.82) is 0 Å². The predicted molar refractivity (Wildman–Crippen MR) is 136 cm³/mol. The van der Waals surface area contributed by atoms with E-state index >= 15 is 8.78 Å². The van der Waals surface area contributed by atoms with Gasteiger partial charge in [-0.15, -0.1) is 0 Å². The van der Waals surface area contributed by atoms with Crippen LogP contribution in [0.2, 0.25) is 0 Å². The number of aliphatic hydroxyl groups excluding tert-OH is 1. The van der Waals surface area contributed by atoms with Crippen molar-refractivity contribution in [2.45, 2.75) is 77.5 Å². The van der Waals surface area contributed by atoms with Crippen molar-refractivity contribution < 1.29 is 41.8 Å². The number of carbonyl (C=O) groups excluding carboxylic acids is 1. The molecule has 5 atom stereocenters. The summed E-state index contributed by atoms with van der Waals surface area (Å²) in [6, 6.07) is 8.10. The molecule has 0 amide bonds. The lowest BCUT2D eigenvalue weighted by Crippen LogP contribution is -2.42. The number of benzene rings is 1. The Hall–Kier alpha value is -2.70. The number of hydrogen-bond acceptors (Lipinski definition) is 9. The maximum atomic E-state index is 15.0. The van der Waals surface area contributed by atoms with Crippen molar-refractivity contribution >= 4 is 13.7 Å².